The summed E-state index contributed by atoms with van der Waals surface area (Å²) < 4.78 is 14.2. The number of hydrogen-bond acceptors (Lipinski definition) is 6. The number of ketones is 1. The number of Topliss-reactive ketones (excluding diaryl/α,β-unsaturated/α-hetero) is 1. The lowest BCUT2D eigenvalue weighted by atomic mass is 9.86. The lowest BCUT2D eigenvalue weighted by Gasteiger charge is -2.36. The lowest BCUT2D eigenvalue weighted by molar-refractivity contribution is -0.116. The van der Waals surface area contributed by atoms with E-state index in [1.54, 1.807) is 6.20 Å². The van der Waals surface area contributed by atoms with Crippen molar-refractivity contribution in [3.8, 4) is 11.5 Å². The molecule has 7 nitrogen and oxygen atoms in total. The zero-order valence-electron chi connectivity index (χ0n) is 19.3. The van der Waals surface area contributed by atoms with Crippen LogP contribution in [0.1, 0.15) is 29.9 Å². The molecule has 2 unspecified atom stereocenters. The van der Waals surface area contributed by atoms with E-state index in [9.17, 15) is 9.90 Å². The highest BCUT2D eigenvalue weighted by Gasteiger charge is 2.40. The maximum absolute atomic E-state index is 13.8. The minimum absolute atomic E-state index is 0.0371. The number of rotatable bonds is 5. The molecule has 0 saturated heterocycles. The predicted molar refractivity (Wildman–Crippen MR) is 130 cm³/mol. The fraction of sp³-hybridized carbons (Fsp3) is 0.250. The summed E-state index contributed by atoms with van der Waals surface area (Å²) in [7, 11) is 0. The average Bonchev–Trinajstić information content (AvgIpc) is 3.30. The summed E-state index contributed by atoms with van der Waals surface area (Å²) in [5.41, 5.74) is 4.17. The highest BCUT2D eigenvalue weighted by Crippen LogP contribution is 2.40. The van der Waals surface area contributed by atoms with Crippen LogP contribution >= 0.6 is 0 Å². The molecular formula is C28H25N3O4. The molecule has 0 spiro atoms. The predicted octanol–water partition coefficient (Wildman–Crippen LogP) is 3.99. The smallest absolute Gasteiger partial charge is 0.165 e. The van der Waals surface area contributed by atoms with Gasteiger partial charge < -0.3 is 14.6 Å². The van der Waals surface area contributed by atoms with Gasteiger partial charge in [0.15, 0.2) is 23.4 Å². The van der Waals surface area contributed by atoms with Gasteiger partial charge in [-0.2, -0.15) is 5.10 Å². The number of carbonyl (C=O) groups is 1. The van der Waals surface area contributed by atoms with Crippen LogP contribution in [0.5, 0.6) is 11.5 Å². The summed E-state index contributed by atoms with van der Waals surface area (Å²) in [6.45, 7) is 2.13. The summed E-state index contributed by atoms with van der Waals surface area (Å²) in [5, 5.41) is 16.4. The Kier molecular flexibility index (Phi) is 5.34. The van der Waals surface area contributed by atoms with Gasteiger partial charge in [-0.1, -0.05) is 35.9 Å². The molecule has 0 radical (unpaired) electrons. The van der Waals surface area contributed by atoms with E-state index in [0.717, 1.165) is 27.6 Å². The van der Waals surface area contributed by atoms with E-state index in [1.165, 1.54) is 0 Å². The molecule has 4 heterocycles. The number of hydrogen-bond donors (Lipinski definition) is 1. The monoisotopic (exact) mass is 467 g/mol. The van der Waals surface area contributed by atoms with Gasteiger partial charge in [-0.05, 0) is 42.1 Å². The molecule has 2 atom stereocenters. The number of carbonyl (C=O) groups excluding carboxylic acids is 1. The van der Waals surface area contributed by atoms with Crippen molar-refractivity contribution in [3.63, 3.8) is 0 Å². The zero-order chi connectivity index (χ0) is 23.9. The molecule has 35 heavy (non-hydrogen) atoms. The number of para-hydroxylation sites is 2. The second kappa shape index (κ2) is 8.67. The maximum atomic E-state index is 13.8. The maximum Gasteiger partial charge on any atom is 0.165 e. The Balaban J connectivity index is 1.37. The van der Waals surface area contributed by atoms with Crippen LogP contribution in [0, 0.1) is 0 Å². The van der Waals surface area contributed by atoms with Gasteiger partial charge in [0.25, 0.3) is 0 Å². The first-order valence-electron chi connectivity index (χ1n) is 11.7. The summed E-state index contributed by atoms with van der Waals surface area (Å²) in [5.74, 6) is 1.38. The van der Waals surface area contributed by atoms with Gasteiger partial charge in [0.2, 0.25) is 0 Å². The van der Waals surface area contributed by atoms with Crippen molar-refractivity contribution >= 4 is 16.6 Å². The minimum atomic E-state index is -0.454. The summed E-state index contributed by atoms with van der Waals surface area (Å²) in [6.07, 6.45) is 4.01. The number of ether oxygens (including phenoxy) is 2. The van der Waals surface area contributed by atoms with Crippen molar-refractivity contribution in [3.05, 3.63) is 95.1 Å². The largest absolute Gasteiger partial charge is 0.486 e. The fourth-order valence-corrected chi connectivity index (χ4v) is 5.14. The molecule has 2 aliphatic heterocycles. The van der Waals surface area contributed by atoms with Crippen LogP contribution < -0.4 is 9.47 Å². The van der Waals surface area contributed by atoms with Gasteiger partial charge in [0.05, 0.1) is 12.3 Å². The van der Waals surface area contributed by atoms with Gasteiger partial charge >= 0.3 is 0 Å². The van der Waals surface area contributed by atoms with Gasteiger partial charge in [0, 0.05) is 41.9 Å². The van der Waals surface area contributed by atoms with E-state index in [-0.39, 0.29) is 18.8 Å². The standard InChI is InChI=1S/C28H25N3O4/c1-17-10-22-13-21(15-32)30-31(22)28(26-16-34-24-4-2-3-5-25(24)35-26)27(17)23(33)12-18-6-7-20-14-29-9-8-19(20)11-18/h2-9,11,13-14,26,28,32H,10,12,15-16H2,1H3. The van der Waals surface area contributed by atoms with Crippen molar-refractivity contribution < 1.29 is 19.4 Å². The number of nitrogens with zero attached hydrogens (tertiary/aromatic N) is 3. The molecular weight excluding hydrogens is 442 g/mol. The lowest BCUT2D eigenvalue weighted by Crippen LogP contribution is -2.43. The van der Waals surface area contributed by atoms with Gasteiger partial charge in [-0.3, -0.25) is 14.5 Å². The molecule has 6 rings (SSSR count). The minimum Gasteiger partial charge on any atom is -0.486 e. The van der Waals surface area contributed by atoms with Gasteiger partial charge in [-0.15, -0.1) is 0 Å². The molecule has 2 aromatic heterocycles. The molecule has 0 amide bonds. The van der Waals surface area contributed by atoms with Crippen LogP contribution in [0.25, 0.3) is 10.8 Å². The molecule has 0 aliphatic carbocycles. The number of aromatic nitrogens is 3. The summed E-state index contributed by atoms with van der Waals surface area (Å²) >= 11 is 0. The first-order chi connectivity index (χ1) is 17.1. The van der Waals surface area contributed by atoms with Crippen LogP contribution in [-0.2, 0) is 24.2 Å². The highest BCUT2D eigenvalue weighted by molar-refractivity contribution is 5.99. The van der Waals surface area contributed by atoms with E-state index in [4.69, 9.17) is 9.47 Å². The van der Waals surface area contributed by atoms with Crippen LogP contribution in [0.2, 0.25) is 0 Å². The van der Waals surface area contributed by atoms with E-state index in [2.05, 4.69) is 10.1 Å². The Morgan fingerprint density at radius 3 is 2.83 bits per heavy atom. The van der Waals surface area contributed by atoms with Crippen molar-refractivity contribution in [1.82, 2.24) is 14.8 Å². The molecule has 2 aromatic carbocycles. The molecule has 4 aromatic rings. The van der Waals surface area contributed by atoms with E-state index in [0.29, 0.717) is 35.8 Å². The Morgan fingerprint density at radius 1 is 1.11 bits per heavy atom. The van der Waals surface area contributed by atoms with Crippen LogP contribution in [0.3, 0.4) is 0 Å². The number of allylic oxidation sites excluding steroid dienone is 1. The molecule has 0 bridgehead atoms. The fourth-order valence-electron chi connectivity index (χ4n) is 5.14. The Hall–Kier alpha value is -3.97. The molecule has 0 saturated carbocycles. The first kappa shape index (κ1) is 21.6. The Labute approximate surface area is 202 Å². The number of fused-ring (bicyclic) bond motifs is 3. The van der Waals surface area contributed by atoms with E-state index < -0.39 is 12.1 Å². The number of benzene rings is 2. The molecule has 0 fully saturated rings. The SMILES string of the molecule is CC1=C(C(=O)Cc2ccc3cnccc3c2)C(C2COc3ccccc3O2)n2nc(CO)cc2C1. The third-order valence-electron chi connectivity index (χ3n) is 6.74. The van der Waals surface area contributed by atoms with Gasteiger partial charge in [-0.25, -0.2) is 0 Å². The number of pyridine rings is 1. The second-order valence-corrected chi connectivity index (χ2v) is 9.12. The second-order valence-electron chi connectivity index (χ2n) is 9.12. The summed E-state index contributed by atoms with van der Waals surface area (Å²) in [4.78, 5) is 18.0. The average molecular weight is 468 g/mol. The number of aliphatic hydroxyl groups excluding tert-OH is 1. The first-order valence-corrected chi connectivity index (χ1v) is 11.7. The van der Waals surface area contributed by atoms with Gasteiger partial charge in [0.1, 0.15) is 12.6 Å². The van der Waals surface area contributed by atoms with Crippen LogP contribution in [0.15, 0.2) is 78.1 Å². The Bertz CT molecular complexity index is 1470. The zero-order valence-corrected chi connectivity index (χ0v) is 19.3. The van der Waals surface area contributed by atoms with Crippen molar-refractivity contribution in [2.75, 3.05) is 6.61 Å². The van der Waals surface area contributed by atoms with Crippen molar-refractivity contribution in [2.24, 2.45) is 0 Å². The van der Waals surface area contributed by atoms with Crippen molar-refractivity contribution in [2.45, 2.75) is 38.5 Å². The normalized spacial score (nSPS) is 19.0. The van der Waals surface area contributed by atoms with Crippen LogP contribution in [-0.4, -0.2) is 38.4 Å². The summed E-state index contributed by atoms with van der Waals surface area (Å²) in [6, 6.07) is 17.0. The third-order valence-corrected chi connectivity index (χ3v) is 6.74. The Morgan fingerprint density at radius 2 is 1.97 bits per heavy atom. The van der Waals surface area contributed by atoms with E-state index >= 15 is 0 Å². The van der Waals surface area contributed by atoms with E-state index in [1.807, 2.05) is 72.4 Å². The molecule has 2 aliphatic rings. The third kappa shape index (κ3) is 3.88. The number of aliphatic hydroxyl groups is 1. The van der Waals surface area contributed by atoms with Crippen LogP contribution in [0.4, 0.5) is 0 Å². The molecule has 176 valence electrons. The highest BCUT2D eigenvalue weighted by atomic mass is 16.6. The van der Waals surface area contributed by atoms with Crippen molar-refractivity contribution in [1.29, 1.82) is 0 Å². The quantitative estimate of drug-likeness (QED) is 0.478. The topological polar surface area (TPSA) is 86.5 Å². The molecule has 7 heteroatoms. The molecule has 1 N–H and O–H groups in total.